The lowest BCUT2D eigenvalue weighted by molar-refractivity contribution is -0.122. The quantitative estimate of drug-likeness (QED) is 0.648. The summed E-state index contributed by atoms with van der Waals surface area (Å²) in [6, 6.07) is 3.06. The van der Waals surface area contributed by atoms with E-state index in [1.165, 1.54) is 0 Å². The number of nitrogens with one attached hydrogen (secondary N) is 1. The summed E-state index contributed by atoms with van der Waals surface area (Å²) in [5.41, 5.74) is 12.7. The lowest BCUT2D eigenvalue weighted by atomic mass is 10.2. The number of amides is 1. The maximum absolute atomic E-state index is 11.2. The van der Waals surface area contributed by atoms with Crippen molar-refractivity contribution in [1.82, 2.24) is 10.3 Å². The minimum atomic E-state index is -0.493. The van der Waals surface area contributed by atoms with E-state index in [2.05, 4.69) is 10.3 Å². The molecule has 1 aromatic heterocycles. The van der Waals surface area contributed by atoms with Gasteiger partial charge in [0.15, 0.2) is 0 Å². The van der Waals surface area contributed by atoms with Gasteiger partial charge in [0.25, 0.3) is 0 Å². The zero-order valence-electron chi connectivity index (χ0n) is 8.95. The van der Waals surface area contributed by atoms with E-state index in [1.54, 1.807) is 13.0 Å². The van der Waals surface area contributed by atoms with Crippen LogP contribution in [0.15, 0.2) is 12.1 Å². The molecule has 0 saturated heterocycles. The Kier molecular flexibility index (Phi) is 3.62. The first-order valence-electron chi connectivity index (χ1n) is 4.76. The molecule has 1 atom stereocenters. The minimum Gasteiger partial charge on any atom is -0.384 e. The molecule has 5 heteroatoms. The highest BCUT2D eigenvalue weighted by molar-refractivity contribution is 5.80. The summed E-state index contributed by atoms with van der Waals surface area (Å²) in [4.78, 5) is 15.3. The topological polar surface area (TPSA) is 94.0 Å². The smallest absolute Gasteiger partial charge is 0.236 e. The maximum Gasteiger partial charge on any atom is 0.236 e. The molecular weight excluding hydrogens is 192 g/mol. The Bertz CT molecular complexity index is 362. The lowest BCUT2D eigenvalue weighted by Crippen LogP contribution is -2.37. The van der Waals surface area contributed by atoms with Crippen molar-refractivity contribution in [1.29, 1.82) is 0 Å². The molecule has 0 spiro atoms. The van der Waals surface area contributed by atoms with Crippen molar-refractivity contribution in [3.63, 3.8) is 0 Å². The molecule has 5 nitrogen and oxygen atoms in total. The second kappa shape index (κ2) is 4.75. The third kappa shape index (κ3) is 3.21. The minimum absolute atomic E-state index is 0.175. The van der Waals surface area contributed by atoms with Gasteiger partial charge in [0.05, 0.1) is 6.04 Å². The van der Waals surface area contributed by atoms with E-state index in [9.17, 15) is 4.79 Å². The molecule has 1 heterocycles. The Hall–Kier alpha value is -1.62. The largest absolute Gasteiger partial charge is 0.384 e. The van der Waals surface area contributed by atoms with Crippen LogP contribution >= 0.6 is 0 Å². The SMILES string of the molecule is Cc1nc(N)ccc1CNC(=O)[C@H](C)N. The molecular formula is C10H16N4O. The van der Waals surface area contributed by atoms with E-state index < -0.39 is 6.04 Å². The summed E-state index contributed by atoms with van der Waals surface area (Å²) in [6.45, 7) is 3.92. The number of nitrogens with two attached hydrogens (primary N) is 2. The van der Waals surface area contributed by atoms with Crippen LogP contribution < -0.4 is 16.8 Å². The average Bonchev–Trinajstić information content (AvgIpc) is 2.15. The van der Waals surface area contributed by atoms with Gasteiger partial charge in [-0.25, -0.2) is 4.98 Å². The van der Waals surface area contributed by atoms with E-state index in [0.29, 0.717) is 12.4 Å². The second-order valence-corrected chi connectivity index (χ2v) is 3.49. The molecule has 15 heavy (non-hydrogen) atoms. The van der Waals surface area contributed by atoms with Crippen molar-refractivity contribution < 1.29 is 4.79 Å². The van der Waals surface area contributed by atoms with Crippen molar-refractivity contribution in [2.75, 3.05) is 5.73 Å². The first-order chi connectivity index (χ1) is 7.00. The van der Waals surface area contributed by atoms with Gasteiger partial charge < -0.3 is 16.8 Å². The number of nitrogen functional groups attached to an aromatic ring is 1. The Morgan fingerprint density at radius 3 is 2.80 bits per heavy atom. The van der Waals surface area contributed by atoms with Crippen LogP contribution in [0.2, 0.25) is 0 Å². The molecule has 0 radical (unpaired) electrons. The fourth-order valence-electron chi connectivity index (χ4n) is 1.14. The molecule has 0 aromatic carbocycles. The highest BCUT2D eigenvalue weighted by Crippen LogP contribution is 2.07. The Balaban J connectivity index is 2.62. The van der Waals surface area contributed by atoms with Crippen LogP contribution in [0.5, 0.6) is 0 Å². The molecule has 82 valence electrons. The molecule has 5 N–H and O–H groups in total. The van der Waals surface area contributed by atoms with Crippen molar-refractivity contribution >= 4 is 11.7 Å². The van der Waals surface area contributed by atoms with E-state index in [4.69, 9.17) is 11.5 Å². The van der Waals surface area contributed by atoms with Crippen LogP contribution in [0.3, 0.4) is 0 Å². The number of carbonyl (C=O) groups is 1. The third-order valence-corrected chi connectivity index (χ3v) is 2.08. The van der Waals surface area contributed by atoms with Crippen LogP contribution in [0.4, 0.5) is 5.82 Å². The summed E-state index contributed by atoms with van der Waals surface area (Å²) in [5, 5.41) is 2.71. The van der Waals surface area contributed by atoms with E-state index in [-0.39, 0.29) is 5.91 Å². The summed E-state index contributed by atoms with van der Waals surface area (Å²) < 4.78 is 0. The van der Waals surface area contributed by atoms with Gasteiger partial charge in [0.2, 0.25) is 5.91 Å². The van der Waals surface area contributed by atoms with E-state index in [1.807, 2.05) is 13.0 Å². The van der Waals surface area contributed by atoms with Crippen LogP contribution in [0.25, 0.3) is 0 Å². The zero-order valence-corrected chi connectivity index (χ0v) is 8.95. The van der Waals surface area contributed by atoms with Gasteiger partial charge in [0.1, 0.15) is 5.82 Å². The molecule has 0 bridgehead atoms. The van der Waals surface area contributed by atoms with E-state index in [0.717, 1.165) is 11.3 Å². The summed E-state index contributed by atoms with van der Waals surface area (Å²) in [7, 11) is 0. The number of hydrogen-bond acceptors (Lipinski definition) is 4. The van der Waals surface area contributed by atoms with Gasteiger partial charge in [-0.1, -0.05) is 6.07 Å². The Labute approximate surface area is 88.9 Å². The molecule has 1 aromatic rings. The monoisotopic (exact) mass is 208 g/mol. The fourth-order valence-corrected chi connectivity index (χ4v) is 1.14. The first-order valence-corrected chi connectivity index (χ1v) is 4.76. The number of pyridine rings is 1. The standard InChI is InChI=1S/C10H16N4O/c1-6(11)10(15)13-5-8-3-4-9(12)14-7(8)2/h3-4,6H,5,11H2,1-2H3,(H2,12,14)(H,13,15)/t6-/m0/s1. The first kappa shape index (κ1) is 11.5. The van der Waals surface area contributed by atoms with Gasteiger partial charge in [-0.05, 0) is 25.5 Å². The van der Waals surface area contributed by atoms with Gasteiger partial charge >= 0.3 is 0 Å². The molecule has 0 aliphatic heterocycles. The van der Waals surface area contributed by atoms with Gasteiger partial charge in [0, 0.05) is 12.2 Å². The van der Waals surface area contributed by atoms with Gasteiger partial charge in [-0.3, -0.25) is 4.79 Å². The molecule has 0 aliphatic rings. The van der Waals surface area contributed by atoms with Crippen LogP contribution in [-0.2, 0) is 11.3 Å². The number of nitrogens with zero attached hydrogens (tertiary/aromatic N) is 1. The van der Waals surface area contributed by atoms with Gasteiger partial charge in [-0.2, -0.15) is 0 Å². The van der Waals surface area contributed by atoms with Crippen molar-refractivity contribution in [2.45, 2.75) is 26.4 Å². The number of carbonyl (C=O) groups excluding carboxylic acids is 1. The van der Waals surface area contributed by atoms with Crippen molar-refractivity contribution in [2.24, 2.45) is 5.73 Å². The zero-order chi connectivity index (χ0) is 11.4. The molecule has 0 fully saturated rings. The fraction of sp³-hybridized carbons (Fsp3) is 0.400. The Morgan fingerprint density at radius 2 is 2.27 bits per heavy atom. The number of aromatic nitrogens is 1. The number of hydrogen-bond donors (Lipinski definition) is 3. The van der Waals surface area contributed by atoms with Crippen molar-refractivity contribution in [3.8, 4) is 0 Å². The second-order valence-electron chi connectivity index (χ2n) is 3.49. The molecule has 1 amide bonds. The van der Waals surface area contributed by atoms with Crippen LogP contribution in [-0.4, -0.2) is 16.9 Å². The number of anilines is 1. The average molecular weight is 208 g/mol. The van der Waals surface area contributed by atoms with E-state index >= 15 is 0 Å². The summed E-state index contributed by atoms with van der Waals surface area (Å²) >= 11 is 0. The van der Waals surface area contributed by atoms with Gasteiger partial charge in [-0.15, -0.1) is 0 Å². The predicted molar refractivity (Wildman–Crippen MR) is 58.9 cm³/mol. The maximum atomic E-state index is 11.2. The molecule has 0 aliphatic carbocycles. The highest BCUT2D eigenvalue weighted by Gasteiger charge is 2.07. The molecule has 0 unspecified atom stereocenters. The lowest BCUT2D eigenvalue weighted by Gasteiger charge is -2.09. The Morgan fingerprint density at radius 1 is 1.60 bits per heavy atom. The highest BCUT2D eigenvalue weighted by atomic mass is 16.2. The predicted octanol–water partition coefficient (Wildman–Crippen LogP) is -0.0644. The molecule has 0 saturated carbocycles. The van der Waals surface area contributed by atoms with Crippen LogP contribution in [0.1, 0.15) is 18.2 Å². The third-order valence-electron chi connectivity index (χ3n) is 2.08. The normalized spacial score (nSPS) is 12.2. The number of aryl methyl sites for hydroxylation is 1. The number of rotatable bonds is 3. The molecule has 1 rings (SSSR count). The van der Waals surface area contributed by atoms with Crippen LogP contribution in [0, 0.1) is 6.92 Å². The summed E-state index contributed by atoms with van der Waals surface area (Å²) in [5.74, 6) is 0.306. The van der Waals surface area contributed by atoms with Crippen molar-refractivity contribution in [3.05, 3.63) is 23.4 Å². The summed E-state index contributed by atoms with van der Waals surface area (Å²) in [6.07, 6.45) is 0.